The van der Waals surface area contributed by atoms with Gasteiger partial charge in [-0.25, -0.2) is 4.79 Å². The quantitative estimate of drug-likeness (QED) is 0.416. The molecule has 1 rings (SSSR count). The van der Waals surface area contributed by atoms with Crippen LogP contribution in [0.5, 0.6) is 0 Å². The molecule has 0 spiro atoms. The Morgan fingerprint density at radius 2 is 2.33 bits per heavy atom. The molecule has 0 aliphatic carbocycles. The van der Waals surface area contributed by atoms with Crippen LogP contribution in [0.2, 0.25) is 0 Å². The molecule has 0 N–H and O–H groups in total. The van der Waals surface area contributed by atoms with Crippen molar-refractivity contribution in [3.05, 3.63) is 0 Å². The van der Waals surface area contributed by atoms with Crippen molar-refractivity contribution in [1.82, 2.24) is 0 Å². The molecule has 0 amide bonds. The number of rotatable bonds is 1. The fraction of sp³-hybridized carbons (Fsp3) is 0.800. The van der Waals surface area contributed by atoms with Gasteiger partial charge in [0.2, 0.25) is 0 Å². The van der Waals surface area contributed by atoms with Crippen LogP contribution in [0.4, 0.5) is 4.79 Å². The van der Waals surface area contributed by atoms with E-state index >= 15 is 0 Å². The molecule has 0 aromatic rings. The van der Waals surface area contributed by atoms with Gasteiger partial charge < -0.3 is 9.47 Å². The minimum absolute atomic E-state index is 0.199. The van der Waals surface area contributed by atoms with Crippen molar-refractivity contribution in [2.45, 2.75) is 19.1 Å². The third kappa shape index (κ3) is 1.27. The first-order valence-corrected chi connectivity index (χ1v) is 3.20. The van der Waals surface area contributed by atoms with E-state index in [9.17, 15) is 4.79 Å². The van der Waals surface area contributed by atoms with Crippen LogP contribution >= 0.6 is 11.6 Å². The summed E-state index contributed by atoms with van der Waals surface area (Å²) in [5.74, 6) is 0.299. The largest absolute Gasteiger partial charge is 0.509 e. The number of carbonyl (C=O) groups is 1. The van der Waals surface area contributed by atoms with Gasteiger partial charge in [-0.05, 0) is 6.92 Å². The Morgan fingerprint density at radius 3 is 2.56 bits per heavy atom. The van der Waals surface area contributed by atoms with E-state index < -0.39 is 6.16 Å². The smallest absolute Gasteiger partial charge is 0.427 e. The lowest BCUT2D eigenvalue weighted by atomic mass is 10.3. The third-order valence-electron chi connectivity index (χ3n) is 1.21. The van der Waals surface area contributed by atoms with Gasteiger partial charge >= 0.3 is 6.16 Å². The Labute approximate surface area is 57.9 Å². The monoisotopic (exact) mass is 150 g/mol. The molecule has 1 fully saturated rings. The van der Waals surface area contributed by atoms with Crippen LogP contribution in [-0.2, 0) is 9.47 Å². The zero-order valence-corrected chi connectivity index (χ0v) is 5.72. The Bertz CT molecular complexity index is 125. The van der Waals surface area contributed by atoms with Gasteiger partial charge in [-0.2, -0.15) is 0 Å². The molecule has 3 nitrogen and oxygen atoms in total. The molecule has 0 saturated carbocycles. The summed E-state index contributed by atoms with van der Waals surface area (Å²) in [4.78, 5) is 10.3. The van der Waals surface area contributed by atoms with E-state index in [1.165, 1.54) is 0 Å². The van der Waals surface area contributed by atoms with Crippen molar-refractivity contribution >= 4 is 17.8 Å². The van der Waals surface area contributed by atoms with E-state index in [4.69, 9.17) is 11.6 Å². The molecular weight excluding hydrogens is 144 g/mol. The van der Waals surface area contributed by atoms with E-state index in [2.05, 4.69) is 9.47 Å². The maximum atomic E-state index is 10.3. The molecule has 4 heteroatoms. The first kappa shape index (κ1) is 6.68. The first-order valence-electron chi connectivity index (χ1n) is 2.67. The molecule has 0 aromatic carbocycles. The normalized spacial score (nSPS) is 33.8. The fourth-order valence-electron chi connectivity index (χ4n) is 0.632. The van der Waals surface area contributed by atoms with Crippen LogP contribution in [-0.4, -0.2) is 24.2 Å². The van der Waals surface area contributed by atoms with E-state index in [1.807, 2.05) is 0 Å². The molecular formula is C5H7ClO3. The minimum Gasteiger partial charge on any atom is -0.427 e. The van der Waals surface area contributed by atoms with E-state index in [0.29, 0.717) is 5.88 Å². The molecule has 52 valence electrons. The molecule has 1 saturated heterocycles. The summed E-state index contributed by atoms with van der Waals surface area (Å²) >= 11 is 5.41. The van der Waals surface area contributed by atoms with Crippen molar-refractivity contribution in [3.63, 3.8) is 0 Å². The summed E-state index contributed by atoms with van der Waals surface area (Å²) in [6.07, 6.45) is -1.08. The topological polar surface area (TPSA) is 35.5 Å². The summed E-state index contributed by atoms with van der Waals surface area (Å²) in [6, 6.07) is 0. The van der Waals surface area contributed by atoms with Crippen LogP contribution in [0.25, 0.3) is 0 Å². The number of hydrogen-bond donors (Lipinski definition) is 0. The predicted octanol–water partition coefficient (Wildman–Crippen LogP) is 1.15. The summed E-state index contributed by atoms with van der Waals surface area (Å²) in [7, 11) is 0. The van der Waals surface area contributed by atoms with Gasteiger partial charge in [-0.3, -0.25) is 0 Å². The first-order chi connectivity index (χ1) is 4.24. The lowest BCUT2D eigenvalue weighted by Crippen LogP contribution is -2.20. The second-order valence-electron chi connectivity index (χ2n) is 1.88. The Morgan fingerprint density at radius 1 is 1.67 bits per heavy atom. The van der Waals surface area contributed by atoms with Gasteiger partial charge in [0.1, 0.15) is 6.10 Å². The maximum absolute atomic E-state index is 10.3. The Hall–Kier alpha value is -0.440. The van der Waals surface area contributed by atoms with Crippen molar-refractivity contribution < 1.29 is 14.3 Å². The number of halogens is 1. The standard InChI is InChI=1S/C5H7ClO3/c1-3-4(2-6)9-5(7)8-3/h3-4H,2H2,1H3/t3-,4+/m0/s1. The van der Waals surface area contributed by atoms with Crippen LogP contribution in [0.1, 0.15) is 6.92 Å². The van der Waals surface area contributed by atoms with Gasteiger partial charge in [-0.15, -0.1) is 11.6 Å². The predicted molar refractivity (Wildman–Crippen MR) is 31.5 cm³/mol. The van der Waals surface area contributed by atoms with Crippen LogP contribution < -0.4 is 0 Å². The van der Waals surface area contributed by atoms with Crippen molar-refractivity contribution in [3.8, 4) is 0 Å². The number of ether oxygens (including phenoxy) is 2. The summed E-state index contributed by atoms with van der Waals surface area (Å²) in [5.41, 5.74) is 0. The summed E-state index contributed by atoms with van der Waals surface area (Å²) in [6.45, 7) is 1.75. The highest BCUT2D eigenvalue weighted by Crippen LogP contribution is 2.14. The Kier molecular flexibility index (Phi) is 1.81. The highest BCUT2D eigenvalue weighted by atomic mass is 35.5. The number of hydrogen-bond acceptors (Lipinski definition) is 3. The fourth-order valence-corrected chi connectivity index (χ4v) is 0.946. The molecule has 1 aliphatic heterocycles. The molecule has 0 bridgehead atoms. The number of alkyl halides is 1. The van der Waals surface area contributed by atoms with Crippen molar-refractivity contribution in [2.24, 2.45) is 0 Å². The highest BCUT2D eigenvalue weighted by Gasteiger charge is 2.31. The zero-order chi connectivity index (χ0) is 6.85. The number of cyclic esters (lactones) is 2. The van der Waals surface area contributed by atoms with Crippen molar-refractivity contribution in [2.75, 3.05) is 5.88 Å². The minimum atomic E-state index is -0.617. The van der Waals surface area contributed by atoms with Gasteiger partial charge in [-0.1, -0.05) is 0 Å². The van der Waals surface area contributed by atoms with Gasteiger partial charge in [0.15, 0.2) is 6.10 Å². The van der Waals surface area contributed by atoms with Gasteiger partial charge in [0.25, 0.3) is 0 Å². The maximum Gasteiger partial charge on any atom is 0.509 e. The lowest BCUT2D eigenvalue weighted by Gasteiger charge is -2.04. The zero-order valence-electron chi connectivity index (χ0n) is 4.96. The average molecular weight is 151 g/mol. The van der Waals surface area contributed by atoms with Gasteiger partial charge in [0.05, 0.1) is 5.88 Å². The van der Waals surface area contributed by atoms with E-state index in [1.54, 1.807) is 6.92 Å². The highest BCUT2D eigenvalue weighted by molar-refractivity contribution is 6.18. The molecule has 0 radical (unpaired) electrons. The summed E-state index contributed by atoms with van der Waals surface area (Å²) < 4.78 is 9.25. The van der Waals surface area contributed by atoms with Gasteiger partial charge in [0, 0.05) is 0 Å². The summed E-state index contributed by atoms with van der Waals surface area (Å²) in [5, 5.41) is 0. The SMILES string of the molecule is C[C@@H]1OC(=O)O[C@@H]1CCl. The molecule has 1 heterocycles. The third-order valence-corrected chi connectivity index (χ3v) is 1.51. The second kappa shape index (κ2) is 2.43. The molecule has 9 heavy (non-hydrogen) atoms. The van der Waals surface area contributed by atoms with E-state index in [-0.39, 0.29) is 12.2 Å². The Balaban J connectivity index is 2.47. The van der Waals surface area contributed by atoms with Crippen LogP contribution in [0.15, 0.2) is 0 Å². The molecule has 2 atom stereocenters. The average Bonchev–Trinajstić information content (AvgIpc) is 2.10. The molecule has 0 unspecified atom stereocenters. The van der Waals surface area contributed by atoms with Crippen LogP contribution in [0.3, 0.4) is 0 Å². The molecule has 0 aromatic heterocycles. The molecule has 1 aliphatic rings. The van der Waals surface area contributed by atoms with Crippen molar-refractivity contribution in [1.29, 1.82) is 0 Å². The van der Waals surface area contributed by atoms with Crippen LogP contribution in [0, 0.1) is 0 Å². The lowest BCUT2D eigenvalue weighted by molar-refractivity contribution is 0.118. The van der Waals surface area contributed by atoms with E-state index in [0.717, 1.165) is 0 Å². The second-order valence-corrected chi connectivity index (χ2v) is 2.19. The number of carbonyl (C=O) groups excluding carboxylic acids is 1.